The van der Waals surface area contributed by atoms with Gasteiger partial charge in [0.15, 0.2) is 81.3 Å². The van der Waals surface area contributed by atoms with Crippen molar-refractivity contribution in [2.24, 2.45) is 0 Å². The molecule has 0 atom stereocenters. The van der Waals surface area contributed by atoms with E-state index in [4.69, 9.17) is 48.7 Å². The first-order chi connectivity index (χ1) is 55.8. The van der Waals surface area contributed by atoms with Crippen molar-refractivity contribution < 1.29 is 76.0 Å². The van der Waals surface area contributed by atoms with Gasteiger partial charge in [-0.25, -0.2) is 55.8 Å². The molecule has 10 heterocycles. The Balaban J connectivity index is 0.000000129. The molecule has 12 N–H and O–H groups in total. The fraction of sp³-hybridized carbons (Fsp3) is 0.0933. The summed E-state index contributed by atoms with van der Waals surface area (Å²) in [6.45, 7) is 6.55. The SMILES string of the molecule is COc1ccc(Nc2nc(-c3c(C)nn4ccccc34)nc(N)c2F)cc1.Cc1nc2c(F)cc(F)cc2n1-c1nc(N)c(F)c(Nc2ccc(Cl)cc2)n1.Cc1nc2c(F)cc(F)cc2n1-c1nc(N)c(F)c(Nc2ccc(OC(F)(F)F)cc2)n1.Cc1nc2c(F)cc(F)cc2n1-c1nc(N)c(F)c(Nc2ccc3c(c2)OCO3)n1. The van der Waals surface area contributed by atoms with Crippen LogP contribution in [0.4, 0.5) is 126 Å². The van der Waals surface area contributed by atoms with Crippen molar-refractivity contribution >= 4 is 120 Å². The average molecular weight is 1640 g/mol. The second-order valence-corrected chi connectivity index (χ2v) is 25.4. The average Bonchev–Trinajstić information content (AvgIpc) is 1.62. The molecule has 0 aliphatic carbocycles. The lowest BCUT2D eigenvalue weighted by atomic mass is 10.2. The van der Waals surface area contributed by atoms with E-state index in [1.807, 2.05) is 31.3 Å². The fourth-order valence-electron chi connectivity index (χ4n) is 11.8. The number of pyridine rings is 1. The number of nitrogen functional groups attached to an aromatic ring is 4. The number of nitrogens with one attached hydrogen (secondary N) is 4. The van der Waals surface area contributed by atoms with Gasteiger partial charge in [0.05, 0.1) is 40.4 Å². The van der Waals surface area contributed by atoms with E-state index in [0.717, 1.165) is 53.7 Å². The van der Waals surface area contributed by atoms with Crippen LogP contribution < -0.4 is 63.1 Å². The van der Waals surface area contributed by atoms with Crippen molar-refractivity contribution in [3.8, 4) is 52.2 Å². The summed E-state index contributed by atoms with van der Waals surface area (Å²) in [7, 11) is 1.58. The van der Waals surface area contributed by atoms with Crippen LogP contribution in [-0.4, -0.2) is 98.4 Å². The van der Waals surface area contributed by atoms with Gasteiger partial charge in [-0.1, -0.05) is 17.7 Å². The Kier molecular flexibility index (Phi) is 21.4. The summed E-state index contributed by atoms with van der Waals surface area (Å²) < 4.78 is 203. The van der Waals surface area contributed by atoms with E-state index in [1.54, 1.807) is 92.2 Å². The third kappa shape index (κ3) is 16.6. The molecule has 0 fully saturated rings. The number of halogens is 14. The maximum absolute atomic E-state index is 14.6. The number of fused-ring (bicyclic) bond motifs is 5. The summed E-state index contributed by atoms with van der Waals surface area (Å²) in [6.07, 6.45) is -3.03. The highest BCUT2D eigenvalue weighted by atomic mass is 35.5. The van der Waals surface area contributed by atoms with Gasteiger partial charge in [0.2, 0.25) is 47.9 Å². The first-order valence-electron chi connectivity index (χ1n) is 33.8. The molecule has 9 aromatic heterocycles. The van der Waals surface area contributed by atoms with Crippen LogP contribution in [0.15, 0.2) is 152 Å². The van der Waals surface area contributed by atoms with Crippen LogP contribution in [0.25, 0.3) is 67.8 Å². The fourth-order valence-corrected chi connectivity index (χ4v) is 12.0. The zero-order valence-corrected chi connectivity index (χ0v) is 61.3. The number of hydrogen-bond donors (Lipinski definition) is 8. The quantitative estimate of drug-likeness (QED) is 0.0469. The smallest absolute Gasteiger partial charge is 0.497 e. The predicted molar refractivity (Wildman–Crippen MR) is 406 cm³/mol. The Morgan fingerprint density at radius 3 is 1.23 bits per heavy atom. The molecule has 1 aliphatic heterocycles. The minimum absolute atomic E-state index is 0.00246. The minimum atomic E-state index is -4.86. The Hall–Kier alpha value is -15.1. The second kappa shape index (κ2) is 31.8. The number of rotatable bonds is 14. The maximum atomic E-state index is 14.6. The van der Waals surface area contributed by atoms with Crippen molar-refractivity contribution in [2.75, 3.05) is 58.1 Å². The number of benzene rings is 7. The molecule has 17 rings (SSSR count). The predicted octanol–water partition coefficient (Wildman–Crippen LogP) is 16.5. The third-order valence-corrected chi connectivity index (χ3v) is 17.2. The molecular formula is C75H54ClF13N24O4. The summed E-state index contributed by atoms with van der Waals surface area (Å²) in [5.74, 6) is -9.14. The van der Waals surface area contributed by atoms with Crippen LogP contribution in [0, 0.1) is 85.9 Å². The van der Waals surface area contributed by atoms with Crippen LogP contribution in [-0.2, 0) is 0 Å². The number of imidazole rings is 3. The number of methoxy groups -OCH3 is 1. The van der Waals surface area contributed by atoms with Gasteiger partial charge in [0.25, 0.3) is 0 Å². The zero-order valence-electron chi connectivity index (χ0n) is 60.5. The number of aryl methyl sites for hydroxylation is 4. The van der Waals surface area contributed by atoms with E-state index >= 15 is 0 Å². The Bertz CT molecular complexity index is 6540. The lowest BCUT2D eigenvalue weighted by Crippen LogP contribution is -2.17. The Labute approximate surface area is 653 Å². The molecule has 1 aliphatic rings. The van der Waals surface area contributed by atoms with Gasteiger partial charge >= 0.3 is 6.36 Å². The van der Waals surface area contributed by atoms with Crippen LogP contribution in [0.1, 0.15) is 23.2 Å². The van der Waals surface area contributed by atoms with Crippen molar-refractivity contribution in [2.45, 2.75) is 34.1 Å². The van der Waals surface area contributed by atoms with Gasteiger partial charge in [0, 0.05) is 76.4 Å². The molecule has 0 unspecified atom stereocenters. The van der Waals surface area contributed by atoms with Crippen LogP contribution in [0.2, 0.25) is 5.02 Å². The largest absolute Gasteiger partial charge is 0.573 e. The number of hydrogen-bond acceptors (Lipinski definition) is 24. The zero-order chi connectivity index (χ0) is 83.2. The normalized spacial score (nSPS) is 11.6. The standard InChI is InChI=1S/C19H12F6N6O.C19H13F3N6O2.C19H17FN6O.C18H12ClF3N6/c1-8-27-15-12(21)6-9(20)7-13(15)31(8)18-29-16(26)14(22)17(30-18)28-10-2-4-11(5-3-10)32-19(23,24)25;1-8-24-16-11(21)4-9(20)5-12(16)28(8)19-26-17(23)15(22)18(27-19)25-10-2-3-13-14(6-10)30-7-29-13;1-11-15(14-5-3-4-10-26(14)25-11)18-23-17(21)16(20)19(24-18)22-12-6-8-13(27-2)9-7-12;1-8-24-15-12(21)6-10(20)7-13(15)28(8)18-26-16(23)14(22)17(27-18)25-11-4-2-9(19)3-5-11/h2-7H,1H3,(H3,26,28,29,30);2-6H,7H2,1H3,(H3,23,25,26,27);3-10H,1-2H3,(H3,21,22,23,24);2-7H,1H3,(H3,23,25,26,27). The molecular weight excluding hydrogens is 1580 g/mol. The molecule has 0 saturated heterocycles. The lowest BCUT2D eigenvalue weighted by Gasteiger charge is -2.13. The van der Waals surface area contributed by atoms with E-state index < -0.39 is 93.6 Å². The van der Waals surface area contributed by atoms with Gasteiger partial charge in [-0.15, -0.1) is 13.2 Å². The molecule has 0 spiro atoms. The van der Waals surface area contributed by atoms with Crippen molar-refractivity contribution in [3.63, 3.8) is 0 Å². The molecule has 0 amide bonds. The van der Waals surface area contributed by atoms with E-state index in [9.17, 15) is 57.1 Å². The monoisotopic (exact) mass is 1640 g/mol. The van der Waals surface area contributed by atoms with Gasteiger partial charge in [-0.3, -0.25) is 13.7 Å². The Morgan fingerprint density at radius 2 is 0.803 bits per heavy atom. The molecule has 42 heteroatoms. The Morgan fingerprint density at radius 1 is 0.419 bits per heavy atom. The minimum Gasteiger partial charge on any atom is -0.497 e. The van der Waals surface area contributed by atoms with Crippen LogP contribution >= 0.6 is 11.6 Å². The number of anilines is 12. The molecule has 16 aromatic rings. The lowest BCUT2D eigenvalue weighted by molar-refractivity contribution is -0.274. The highest BCUT2D eigenvalue weighted by Gasteiger charge is 2.32. The topological polar surface area (TPSA) is 363 Å². The number of nitrogens with zero attached hydrogens (tertiary/aromatic N) is 16. The van der Waals surface area contributed by atoms with E-state index in [1.165, 1.54) is 32.8 Å². The number of nitrogens with two attached hydrogens (primary N) is 4. The number of ether oxygens (including phenoxy) is 4. The van der Waals surface area contributed by atoms with Crippen molar-refractivity contribution in [1.29, 1.82) is 0 Å². The van der Waals surface area contributed by atoms with Crippen LogP contribution in [0.3, 0.4) is 0 Å². The molecule has 7 aromatic carbocycles. The van der Waals surface area contributed by atoms with E-state index in [0.29, 0.717) is 56.8 Å². The van der Waals surface area contributed by atoms with Gasteiger partial charge < -0.3 is 63.1 Å². The summed E-state index contributed by atoms with van der Waals surface area (Å²) in [6, 6.07) is 33.9. The molecule has 0 radical (unpaired) electrons. The molecule has 596 valence electrons. The highest BCUT2D eigenvalue weighted by Crippen LogP contribution is 2.38. The summed E-state index contributed by atoms with van der Waals surface area (Å²) in [4.78, 5) is 44.7. The first-order valence-corrected chi connectivity index (χ1v) is 34.2. The molecule has 117 heavy (non-hydrogen) atoms. The van der Waals surface area contributed by atoms with Crippen molar-refractivity contribution in [3.05, 3.63) is 238 Å². The molecule has 0 bridgehead atoms. The summed E-state index contributed by atoms with van der Waals surface area (Å²) in [5.41, 5.74) is 26.8. The van der Waals surface area contributed by atoms with E-state index in [-0.39, 0.29) is 104 Å². The number of aromatic nitrogens is 16. The summed E-state index contributed by atoms with van der Waals surface area (Å²) >= 11 is 5.84. The summed E-state index contributed by atoms with van der Waals surface area (Å²) in [5, 5.41) is 16.1. The van der Waals surface area contributed by atoms with Gasteiger partial charge in [-0.05, 0) is 125 Å². The number of alkyl halides is 3. The molecule has 28 nitrogen and oxygen atoms in total. The third-order valence-electron chi connectivity index (χ3n) is 17.0. The first kappa shape index (κ1) is 78.6. The molecule has 0 saturated carbocycles. The van der Waals surface area contributed by atoms with Crippen molar-refractivity contribution in [1.82, 2.24) is 78.1 Å². The van der Waals surface area contributed by atoms with E-state index in [2.05, 4.69) is 85.9 Å². The van der Waals surface area contributed by atoms with Crippen LogP contribution in [0.5, 0.6) is 23.0 Å². The maximum Gasteiger partial charge on any atom is 0.573 e. The highest BCUT2D eigenvalue weighted by molar-refractivity contribution is 6.30. The second-order valence-electron chi connectivity index (χ2n) is 24.9. The van der Waals surface area contributed by atoms with Gasteiger partial charge in [0.1, 0.15) is 63.0 Å². The van der Waals surface area contributed by atoms with Gasteiger partial charge in [-0.2, -0.15) is 52.6 Å².